The van der Waals surface area contributed by atoms with E-state index in [0.29, 0.717) is 55.6 Å². The van der Waals surface area contributed by atoms with Gasteiger partial charge in [-0.1, -0.05) is 0 Å². The maximum absolute atomic E-state index is 13.0. The average Bonchev–Trinajstić information content (AvgIpc) is 3.75. The molecule has 3 aliphatic rings. The van der Waals surface area contributed by atoms with Gasteiger partial charge in [-0.3, -0.25) is 0 Å². The molecule has 2 aromatic rings. The van der Waals surface area contributed by atoms with Crippen LogP contribution in [0.2, 0.25) is 0 Å². The fourth-order valence-corrected chi connectivity index (χ4v) is 6.23. The largest absolute Gasteiger partial charge is 0.395 e. The Morgan fingerprint density at radius 3 is 2.60 bits per heavy atom. The lowest BCUT2D eigenvalue weighted by Crippen LogP contribution is -2.44. The van der Waals surface area contributed by atoms with Crippen LogP contribution in [0, 0.1) is 0 Å². The number of nitrogens with one attached hydrogen (secondary N) is 2. The molecule has 2 aliphatic carbocycles. The van der Waals surface area contributed by atoms with Gasteiger partial charge in [0.05, 0.1) is 37.3 Å². The first kappa shape index (κ1) is 24.0. The number of amides is 2. The molecule has 1 aromatic carbocycles. The van der Waals surface area contributed by atoms with Crippen molar-refractivity contribution in [3.05, 3.63) is 36.0 Å². The van der Waals surface area contributed by atoms with E-state index in [1.807, 2.05) is 19.1 Å². The number of nitrogens with zero attached hydrogens (tertiary/aromatic N) is 3. The van der Waals surface area contributed by atoms with Gasteiger partial charge in [0.2, 0.25) is 0 Å². The zero-order valence-electron chi connectivity index (χ0n) is 19.7. The molecule has 188 valence electrons. The van der Waals surface area contributed by atoms with Crippen molar-refractivity contribution in [2.45, 2.75) is 49.4 Å². The van der Waals surface area contributed by atoms with Crippen molar-refractivity contribution in [2.75, 3.05) is 42.3 Å². The molecule has 1 aliphatic heterocycles. The number of aliphatic hydroxyl groups is 1. The van der Waals surface area contributed by atoms with E-state index < -0.39 is 21.2 Å². The third-order valence-corrected chi connectivity index (χ3v) is 9.34. The topological polar surface area (TPSA) is 134 Å². The number of rotatable bonds is 8. The Kier molecular flexibility index (Phi) is 6.41. The predicted molar refractivity (Wildman–Crippen MR) is 132 cm³/mol. The van der Waals surface area contributed by atoms with Crippen LogP contribution in [0.5, 0.6) is 0 Å². The van der Waals surface area contributed by atoms with Gasteiger partial charge in [0.1, 0.15) is 10.6 Å². The van der Waals surface area contributed by atoms with Gasteiger partial charge in [-0.15, -0.1) is 0 Å². The molecule has 35 heavy (non-hydrogen) atoms. The molecule has 2 saturated carbocycles. The maximum atomic E-state index is 13.0. The second kappa shape index (κ2) is 9.36. The summed E-state index contributed by atoms with van der Waals surface area (Å²) in [5.41, 5.74) is 1.84. The third kappa shape index (κ3) is 4.98. The highest BCUT2D eigenvalue weighted by molar-refractivity contribution is 7.92. The molecule has 0 spiro atoms. The second-order valence-electron chi connectivity index (χ2n) is 9.54. The zero-order valence-corrected chi connectivity index (χ0v) is 20.6. The van der Waals surface area contributed by atoms with Crippen LogP contribution in [0.1, 0.15) is 38.3 Å². The Morgan fingerprint density at radius 1 is 1.23 bits per heavy atom. The van der Waals surface area contributed by atoms with Crippen molar-refractivity contribution in [3.63, 3.8) is 0 Å². The lowest BCUT2D eigenvalue weighted by atomic mass is 10.1. The van der Waals surface area contributed by atoms with E-state index in [4.69, 9.17) is 14.7 Å². The fourth-order valence-electron chi connectivity index (χ4n) is 4.45. The lowest BCUT2D eigenvalue weighted by Gasteiger charge is -2.34. The van der Waals surface area contributed by atoms with Gasteiger partial charge in [0.25, 0.3) is 0 Å². The fraction of sp³-hybridized carbons (Fsp3) is 0.542. The number of aliphatic hydroxyl groups excluding tert-OH is 1. The number of carbonyl (C=O) groups excluding carboxylic acids is 1. The summed E-state index contributed by atoms with van der Waals surface area (Å²) in [4.78, 5) is 23.7. The highest BCUT2D eigenvalue weighted by atomic mass is 32.2. The van der Waals surface area contributed by atoms with E-state index in [9.17, 15) is 18.3 Å². The highest BCUT2D eigenvalue weighted by Gasteiger charge is 2.57. The first-order valence-corrected chi connectivity index (χ1v) is 13.7. The third-order valence-electron chi connectivity index (χ3n) is 6.81. The molecule has 1 aromatic heterocycles. The number of hydrogen-bond donors (Lipinski definition) is 3. The first-order valence-electron chi connectivity index (χ1n) is 12.1. The van der Waals surface area contributed by atoms with Crippen molar-refractivity contribution in [2.24, 2.45) is 0 Å². The molecule has 1 atom stereocenters. The second-order valence-corrected chi connectivity index (χ2v) is 12.0. The molecule has 2 amide bonds. The molecule has 10 nitrogen and oxygen atoms in total. The molecule has 0 radical (unpaired) electrons. The number of benzene rings is 1. The standard InChI is InChI=1S/C24H31N5O5S/c1-16-15-34-12-10-29(16)21-14-20(24(8-9-24)35(32,33)13-11-30)27-22(28-21)17-2-4-18(5-3-17)25-23(31)26-19-6-7-19/h2-5,14,16,19,30H,6-13,15H2,1H3,(H2,25,26,31)/t16-/m0/s1. The molecular weight excluding hydrogens is 470 g/mol. The van der Waals surface area contributed by atoms with Crippen molar-refractivity contribution < 1.29 is 23.1 Å². The van der Waals surface area contributed by atoms with E-state index in [1.165, 1.54) is 0 Å². The van der Waals surface area contributed by atoms with Gasteiger partial charge >= 0.3 is 6.03 Å². The summed E-state index contributed by atoms with van der Waals surface area (Å²) < 4.78 is 30.6. The Labute approximate surface area is 205 Å². The number of ether oxygens (including phenoxy) is 1. The molecule has 3 fully saturated rings. The molecule has 3 N–H and O–H groups in total. The lowest BCUT2D eigenvalue weighted by molar-refractivity contribution is 0.0985. The van der Waals surface area contributed by atoms with Gasteiger partial charge < -0.3 is 25.4 Å². The number of urea groups is 1. The molecule has 1 saturated heterocycles. The van der Waals surface area contributed by atoms with Crippen LogP contribution in [0.4, 0.5) is 16.3 Å². The summed E-state index contributed by atoms with van der Waals surface area (Å²) in [6.07, 6.45) is 2.98. The summed E-state index contributed by atoms with van der Waals surface area (Å²) in [6, 6.07) is 9.11. The van der Waals surface area contributed by atoms with Gasteiger partial charge in [0, 0.05) is 29.9 Å². The number of hydrogen-bond acceptors (Lipinski definition) is 8. The van der Waals surface area contributed by atoms with Crippen molar-refractivity contribution in [1.29, 1.82) is 0 Å². The van der Waals surface area contributed by atoms with Crippen LogP contribution in [0.25, 0.3) is 11.4 Å². The number of sulfone groups is 1. The maximum Gasteiger partial charge on any atom is 0.319 e. The molecular formula is C24H31N5O5S. The van der Waals surface area contributed by atoms with Crippen molar-refractivity contribution >= 4 is 27.4 Å². The SMILES string of the molecule is C[C@H]1COCCN1c1cc(C2(S(=O)(=O)CCO)CC2)nc(-c2ccc(NC(=O)NC3CC3)cc2)n1. The molecule has 0 bridgehead atoms. The smallest absolute Gasteiger partial charge is 0.319 e. The molecule has 11 heteroatoms. The Bertz CT molecular complexity index is 1200. The van der Waals surface area contributed by atoms with Gasteiger partial charge in [0.15, 0.2) is 15.7 Å². The van der Waals surface area contributed by atoms with E-state index in [0.717, 1.165) is 18.4 Å². The summed E-state index contributed by atoms with van der Waals surface area (Å²) in [5, 5.41) is 15.0. The Balaban J connectivity index is 1.48. The monoisotopic (exact) mass is 501 g/mol. The van der Waals surface area contributed by atoms with Gasteiger partial charge in [-0.25, -0.2) is 23.2 Å². The number of carbonyl (C=O) groups is 1. The number of morpholine rings is 1. The van der Waals surface area contributed by atoms with Gasteiger partial charge in [-0.05, 0) is 56.9 Å². The summed E-state index contributed by atoms with van der Waals surface area (Å²) in [5.74, 6) is 0.798. The minimum Gasteiger partial charge on any atom is -0.395 e. The minimum absolute atomic E-state index is 0.0834. The summed E-state index contributed by atoms with van der Waals surface area (Å²) in [6.45, 7) is 3.40. The van der Waals surface area contributed by atoms with E-state index in [1.54, 1.807) is 18.2 Å². The Hall–Kier alpha value is -2.76. The van der Waals surface area contributed by atoms with Crippen LogP contribution in [-0.4, -0.2) is 73.7 Å². The van der Waals surface area contributed by atoms with Crippen LogP contribution >= 0.6 is 0 Å². The quantitative estimate of drug-likeness (QED) is 0.500. The van der Waals surface area contributed by atoms with E-state index in [-0.39, 0.29) is 23.9 Å². The number of aromatic nitrogens is 2. The summed E-state index contributed by atoms with van der Waals surface area (Å²) in [7, 11) is -3.57. The first-order chi connectivity index (χ1) is 16.8. The normalized spacial score (nSPS) is 21.4. The zero-order chi connectivity index (χ0) is 24.6. The van der Waals surface area contributed by atoms with Crippen LogP contribution < -0.4 is 15.5 Å². The predicted octanol–water partition coefficient (Wildman–Crippen LogP) is 2.05. The van der Waals surface area contributed by atoms with Crippen LogP contribution in [0.15, 0.2) is 30.3 Å². The molecule has 0 unspecified atom stereocenters. The van der Waals surface area contributed by atoms with Crippen molar-refractivity contribution in [1.82, 2.24) is 15.3 Å². The van der Waals surface area contributed by atoms with Crippen LogP contribution in [0.3, 0.4) is 0 Å². The van der Waals surface area contributed by atoms with Gasteiger partial charge in [-0.2, -0.15) is 0 Å². The summed E-state index contributed by atoms with van der Waals surface area (Å²) >= 11 is 0. The highest BCUT2D eigenvalue weighted by Crippen LogP contribution is 2.53. The minimum atomic E-state index is -3.57. The number of anilines is 2. The molecule has 5 rings (SSSR count). The van der Waals surface area contributed by atoms with E-state index in [2.05, 4.69) is 15.5 Å². The van der Waals surface area contributed by atoms with E-state index >= 15 is 0 Å². The van der Waals surface area contributed by atoms with Crippen molar-refractivity contribution in [3.8, 4) is 11.4 Å². The van der Waals surface area contributed by atoms with Crippen LogP contribution in [-0.2, 0) is 19.3 Å². The molecule has 2 heterocycles. The Morgan fingerprint density at radius 2 is 1.97 bits per heavy atom. The average molecular weight is 502 g/mol.